The molecule has 1 N–H and O–H groups in total. The van der Waals surface area contributed by atoms with E-state index >= 15 is 0 Å². The van der Waals surface area contributed by atoms with Gasteiger partial charge in [-0.3, -0.25) is 4.90 Å². The summed E-state index contributed by atoms with van der Waals surface area (Å²) in [5, 5.41) is 9.45. The molecule has 2 saturated heterocycles. The first-order valence-electron chi connectivity index (χ1n) is 16.4. The maximum Gasteiger partial charge on any atom is 0.416 e. The number of anilines is 1. The van der Waals surface area contributed by atoms with Crippen molar-refractivity contribution >= 4 is 18.0 Å². The number of hydrogen-bond acceptors (Lipinski definition) is 7. The molecule has 3 aromatic carbocycles. The highest BCUT2D eigenvalue weighted by Gasteiger charge is 2.64. The number of ether oxygens (including phenoxy) is 2. The molecule has 7 rings (SSSR count). The van der Waals surface area contributed by atoms with Crippen LogP contribution in [-0.2, 0) is 23.6 Å². The maximum atomic E-state index is 13.8. The second-order valence-corrected chi connectivity index (χ2v) is 13.6. The van der Waals surface area contributed by atoms with Gasteiger partial charge in [0.2, 0.25) is 5.95 Å². The molecule has 1 atom stereocenters. The minimum absolute atomic E-state index is 0.0481. The molecule has 2 aliphatic heterocycles. The molecule has 52 heavy (non-hydrogen) atoms. The van der Waals surface area contributed by atoms with Crippen LogP contribution in [0.3, 0.4) is 0 Å². The lowest BCUT2D eigenvalue weighted by Crippen LogP contribution is -2.46. The van der Waals surface area contributed by atoms with Crippen LogP contribution in [0, 0.1) is 12.8 Å². The largest absolute Gasteiger partial charge is 0.496 e. The summed E-state index contributed by atoms with van der Waals surface area (Å²) in [6.07, 6.45) is -10.3. The fourth-order valence-electron chi connectivity index (χ4n) is 7.11. The van der Waals surface area contributed by atoms with E-state index in [9.17, 15) is 41.0 Å². The number of carboxylic acids is 1. The van der Waals surface area contributed by atoms with E-state index in [2.05, 4.69) is 11.9 Å². The van der Waals surface area contributed by atoms with Crippen molar-refractivity contribution in [2.45, 2.75) is 57.2 Å². The molecule has 3 aliphatic rings. The van der Waals surface area contributed by atoms with Crippen molar-refractivity contribution < 1.29 is 50.5 Å². The SMILES string of the molecule is COc1ccc(-c2ccc(C(=O)O)cc2C)cc1-c1cnc(N2CC(C)C2)nc1CN1C(=O)O[C@H](c2cc(C(F)(F)F)cc(C(F)(F)F)c2)C12CC2. The highest BCUT2D eigenvalue weighted by Crippen LogP contribution is 2.58. The van der Waals surface area contributed by atoms with Gasteiger partial charge in [-0.25, -0.2) is 19.6 Å². The first-order valence-corrected chi connectivity index (χ1v) is 16.4. The molecule has 1 aliphatic carbocycles. The fraction of sp³-hybridized carbons (Fsp3) is 0.351. The van der Waals surface area contributed by atoms with Gasteiger partial charge in [0.25, 0.3) is 0 Å². The number of carboxylic acid groups (broad SMARTS) is 1. The number of alkyl halides is 6. The quantitative estimate of drug-likeness (QED) is 0.180. The molecule has 3 fully saturated rings. The molecule has 1 spiro atoms. The average molecular weight is 727 g/mol. The Kier molecular flexibility index (Phi) is 8.37. The number of aryl methyl sites for hydroxylation is 1. The molecular weight excluding hydrogens is 694 g/mol. The molecule has 0 bridgehead atoms. The van der Waals surface area contributed by atoms with Crippen LogP contribution in [0.15, 0.2) is 60.8 Å². The Morgan fingerprint density at radius 3 is 2.19 bits per heavy atom. The second-order valence-electron chi connectivity index (χ2n) is 13.6. The number of amides is 1. The number of methoxy groups -OCH3 is 1. The predicted octanol–water partition coefficient (Wildman–Crippen LogP) is 8.55. The first-order chi connectivity index (χ1) is 24.5. The van der Waals surface area contributed by atoms with Crippen LogP contribution in [0.1, 0.15) is 64.2 Å². The summed E-state index contributed by atoms with van der Waals surface area (Å²) < 4.78 is 94.0. The Morgan fingerprint density at radius 1 is 0.962 bits per heavy atom. The van der Waals surface area contributed by atoms with Crippen LogP contribution in [0.4, 0.5) is 37.1 Å². The van der Waals surface area contributed by atoms with Gasteiger partial charge in [0.15, 0.2) is 6.10 Å². The van der Waals surface area contributed by atoms with Crippen molar-refractivity contribution in [3.05, 3.63) is 94.3 Å². The number of rotatable bonds is 8. The molecule has 1 amide bonds. The average Bonchev–Trinajstić information content (AvgIpc) is 3.83. The standard InChI is InChI=1S/C37H32F6N4O5/c1-19-16-46(17-19)33-44-15-28(27-13-21(5-7-30(27)51-3)26-6-4-22(32(48)49)10-20(26)2)29(45-33)18-47-34(50)52-31(35(47)8-9-35)23-11-24(36(38,39)40)14-25(12-23)37(41,42)43/h4-7,10-15,19,31H,8-9,16-18H2,1-3H3,(H,48,49)/t31-/m1/s1. The molecule has 3 heterocycles. The van der Waals surface area contributed by atoms with Crippen molar-refractivity contribution in [3.63, 3.8) is 0 Å². The van der Waals surface area contributed by atoms with E-state index in [0.29, 0.717) is 65.2 Å². The number of nitrogens with zero attached hydrogens (tertiary/aromatic N) is 4. The zero-order valence-corrected chi connectivity index (χ0v) is 28.1. The van der Waals surface area contributed by atoms with E-state index in [1.54, 1.807) is 31.3 Å². The van der Waals surface area contributed by atoms with Gasteiger partial charge in [0.05, 0.1) is 41.6 Å². The highest BCUT2D eigenvalue weighted by atomic mass is 19.4. The van der Waals surface area contributed by atoms with E-state index in [0.717, 1.165) is 11.1 Å². The van der Waals surface area contributed by atoms with Crippen LogP contribution in [0.25, 0.3) is 22.3 Å². The van der Waals surface area contributed by atoms with Gasteiger partial charge in [-0.1, -0.05) is 19.1 Å². The third kappa shape index (κ3) is 6.26. The number of benzene rings is 3. The van der Waals surface area contributed by atoms with E-state index in [-0.39, 0.29) is 31.0 Å². The highest BCUT2D eigenvalue weighted by molar-refractivity contribution is 5.89. The van der Waals surface area contributed by atoms with Crippen molar-refractivity contribution in [3.8, 4) is 28.0 Å². The Labute approximate surface area is 293 Å². The number of carbonyl (C=O) groups is 2. The van der Waals surface area contributed by atoms with Crippen LogP contribution < -0.4 is 9.64 Å². The summed E-state index contributed by atoms with van der Waals surface area (Å²) in [5.74, 6) is 0.171. The molecule has 1 aromatic heterocycles. The molecular formula is C37H32F6N4O5. The number of carbonyl (C=O) groups excluding carboxylic acids is 1. The van der Waals surface area contributed by atoms with Crippen LogP contribution in [0.2, 0.25) is 0 Å². The summed E-state index contributed by atoms with van der Waals surface area (Å²) in [5.41, 5.74) is -0.885. The van der Waals surface area contributed by atoms with Crippen LogP contribution in [0.5, 0.6) is 5.75 Å². The Bertz CT molecular complexity index is 2060. The second kappa shape index (κ2) is 12.4. The summed E-state index contributed by atoms with van der Waals surface area (Å²) in [6.45, 7) is 5.06. The monoisotopic (exact) mass is 726 g/mol. The molecule has 9 nitrogen and oxygen atoms in total. The minimum Gasteiger partial charge on any atom is -0.496 e. The molecule has 4 aromatic rings. The molecule has 0 radical (unpaired) electrons. The minimum atomic E-state index is -5.07. The van der Waals surface area contributed by atoms with Gasteiger partial charge in [0, 0.05) is 30.4 Å². The number of hydrogen-bond donors (Lipinski definition) is 1. The topological polar surface area (TPSA) is 105 Å². The number of aromatic carboxylic acids is 1. The number of halogens is 6. The molecule has 1 saturated carbocycles. The van der Waals surface area contributed by atoms with Gasteiger partial charge in [-0.2, -0.15) is 26.3 Å². The first kappa shape index (κ1) is 35.1. The number of aromatic nitrogens is 2. The van der Waals surface area contributed by atoms with E-state index in [1.165, 1.54) is 18.1 Å². The van der Waals surface area contributed by atoms with E-state index in [4.69, 9.17) is 14.5 Å². The third-order valence-corrected chi connectivity index (χ3v) is 9.92. The lowest BCUT2D eigenvalue weighted by Gasteiger charge is -2.37. The lowest BCUT2D eigenvalue weighted by atomic mass is 9.93. The zero-order valence-electron chi connectivity index (χ0n) is 28.1. The van der Waals surface area contributed by atoms with Gasteiger partial charge in [-0.15, -0.1) is 0 Å². The van der Waals surface area contributed by atoms with Crippen molar-refractivity contribution in [1.82, 2.24) is 14.9 Å². The smallest absolute Gasteiger partial charge is 0.416 e. The molecule has 15 heteroatoms. The predicted molar refractivity (Wildman–Crippen MR) is 176 cm³/mol. The lowest BCUT2D eigenvalue weighted by molar-refractivity contribution is -0.143. The summed E-state index contributed by atoms with van der Waals surface area (Å²) in [6, 6.07) is 11.4. The number of cyclic esters (lactones) is 1. The molecule has 272 valence electrons. The van der Waals surface area contributed by atoms with Crippen LogP contribution >= 0.6 is 0 Å². The van der Waals surface area contributed by atoms with Gasteiger partial charge >= 0.3 is 24.4 Å². The Morgan fingerprint density at radius 2 is 1.63 bits per heavy atom. The molecule has 0 unspecified atom stereocenters. The van der Waals surface area contributed by atoms with Crippen molar-refractivity contribution in [2.24, 2.45) is 5.92 Å². The summed E-state index contributed by atoms with van der Waals surface area (Å²) in [4.78, 5) is 37.9. The normalized spacial score (nSPS) is 18.4. The maximum absolute atomic E-state index is 13.8. The fourth-order valence-corrected chi connectivity index (χ4v) is 7.11. The van der Waals surface area contributed by atoms with E-state index in [1.807, 2.05) is 17.0 Å². The van der Waals surface area contributed by atoms with E-state index < -0.39 is 52.7 Å². The summed E-state index contributed by atoms with van der Waals surface area (Å²) >= 11 is 0. The van der Waals surface area contributed by atoms with Crippen molar-refractivity contribution in [2.75, 3.05) is 25.1 Å². The van der Waals surface area contributed by atoms with Crippen LogP contribution in [-0.4, -0.2) is 57.8 Å². The van der Waals surface area contributed by atoms with Gasteiger partial charge in [-0.05, 0) is 90.4 Å². The van der Waals surface area contributed by atoms with Gasteiger partial charge < -0.3 is 19.5 Å². The summed E-state index contributed by atoms with van der Waals surface area (Å²) in [7, 11) is 1.48. The Balaban J connectivity index is 1.30. The van der Waals surface area contributed by atoms with Gasteiger partial charge in [0.1, 0.15) is 5.75 Å². The van der Waals surface area contributed by atoms with Crippen molar-refractivity contribution in [1.29, 1.82) is 0 Å². The Hall–Kier alpha value is -5.34. The zero-order chi connectivity index (χ0) is 37.3. The third-order valence-electron chi connectivity index (χ3n) is 9.92.